The fourth-order valence-electron chi connectivity index (χ4n) is 1.98. The Morgan fingerprint density at radius 1 is 1.25 bits per heavy atom. The summed E-state index contributed by atoms with van der Waals surface area (Å²) in [7, 11) is 0. The molecule has 2 aromatic rings. The highest BCUT2D eigenvalue weighted by molar-refractivity contribution is 8.16. The van der Waals surface area contributed by atoms with Gasteiger partial charge in [0.1, 0.15) is 0 Å². The first-order chi connectivity index (χ1) is 7.84. The van der Waals surface area contributed by atoms with Crippen LogP contribution < -0.4 is 0 Å². The average molecular weight is 270 g/mol. The number of nitrogens with one attached hydrogen (secondary N) is 1. The van der Waals surface area contributed by atoms with Gasteiger partial charge in [0.2, 0.25) is 0 Å². The van der Waals surface area contributed by atoms with Crippen LogP contribution in [0.2, 0.25) is 5.02 Å². The molecule has 1 N–H and O–H groups in total. The molecule has 1 aromatic heterocycles. The van der Waals surface area contributed by atoms with Crippen LogP contribution in [0.4, 0.5) is 0 Å². The van der Waals surface area contributed by atoms with Crippen molar-refractivity contribution < 1.29 is 0 Å². The SMILES string of the molecule is Clc1ccc2[nH]cc(C3SCCCS3)c2c1. The average Bonchev–Trinajstić information content (AvgIpc) is 2.73. The number of aromatic amines is 1. The van der Waals surface area contributed by atoms with E-state index in [0.717, 1.165) is 5.02 Å². The fraction of sp³-hybridized carbons (Fsp3) is 0.333. The molecule has 3 rings (SSSR count). The van der Waals surface area contributed by atoms with Crippen LogP contribution in [0.1, 0.15) is 16.6 Å². The molecule has 0 unspecified atom stereocenters. The van der Waals surface area contributed by atoms with Crippen LogP contribution >= 0.6 is 35.1 Å². The number of rotatable bonds is 1. The Bertz CT molecular complexity index is 503. The lowest BCUT2D eigenvalue weighted by atomic mass is 10.2. The van der Waals surface area contributed by atoms with Crippen molar-refractivity contribution in [3.8, 4) is 0 Å². The monoisotopic (exact) mass is 269 g/mol. The first-order valence-electron chi connectivity index (χ1n) is 5.34. The number of aromatic nitrogens is 1. The zero-order valence-electron chi connectivity index (χ0n) is 8.70. The van der Waals surface area contributed by atoms with E-state index in [4.69, 9.17) is 11.6 Å². The third kappa shape index (κ3) is 1.96. The van der Waals surface area contributed by atoms with Crippen molar-refractivity contribution in [2.45, 2.75) is 11.0 Å². The zero-order chi connectivity index (χ0) is 11.0. The summed E-state index contributed by atoms with van der Waals surface area (Å²) in [4.78, 5) is 3.33. The van der Waals surface area contributed by atoms with E-state index < -0.39 is 0 Å². The summed E-state index contributed by atoms with van der Waals surface area (Å²) in [6, 6.07) is 6.06. The Balaban J connectivity index is 2.05. The molecule has 0 bridgehead atoms. The Morgan fingerprint density at radius 2 is 2.06 bits per heavy atom. The van der Waals surface area contributed by atoms with Gasteiger partial charge in [-0.05, 0) is 36.1 Å². The normalized spacial score (nSPS) is 18.1. The number of halogens is 1. The molecule has 1 aliphatic rings. The van der Waals surface area contributed by atoms with E-state index in [1.54, 1.807) is 0 Å². The van der Waals surface area contributed by atoms with Gasteiger partial charge in [-0.25, -0.2) is 0 Å². The number of hydrogen-bond acceptors (Lipinski definition) is 2. The Kier molecular flexibility index (Phi) is 3.09. The molecule has 1 aliphatic heterocycles. The predicted octanol–water partition coefficient (Wildman–Crippen LogP) is 4.69. The van der Waals surface area contributed by atoms with Gasteiger partial charge in [-0.2, -0.15) is 0 Å². The van der Waals surface area contributed by atoms with Crippen molar-refractivity contribution in [3.05, 3.63) is 35.0 Å². The van der Waals surface area contributed by atoms with Gasteiger partial charge in [-0.1, -0.05) is 11.6 Å². The Morgan fingerprint density at radius 3 is 2.88 bits per heavy atom. The highest BCUT2D eigenvalue weighted by atomic mass is 35.5. The topological polar surface area (TPSA) is 15.8 Å². The summed E-state index contributed by atoms with van der Waals surface area (Å²) in [5.41, 5.74) is 2.58. The minimum absolute atomic E-state index is 0.570. The number of fused-ring (bicyclic) bond motifs is 1. The number of thioether (sulfide) groups is 2. The molecule has 0 spiro atoms. The van der Waals surface area contributed by atoms with Gasteiger partial charge >= 0.3 is 0 Å². The summed E-state index contributed by atoms with van der Waals surface area (Å²) < 4.78 is 0.570. The lowest BCUT2D eigenvalue weighted by molar-refractivity contribution is 1.10. The van der Waals surface area contributed by atoms with Crippen molar-refractivity contribution in [3.63, 3.8) is 0 Å². The molecule has 16 heavy (non-hydrogen) atoms. The van der Waals surface area contributed by atoms with Gasteiger partial charge in [0, 0.05) is 27.7 Å². The molecule has 1 fully saturated rings. The smallest absolute Gasteiger partial charge is 0.0771 e. The van der Waals surface area contributed by atoms with E-state index in [-0.39, 0.29) is 0 Å². The molecule has 4 heteroatoms. The molecule has 1 aromatic carbocycles. The molecule has 1 nitrogen and oxygen atoms in total. The number of benzene rings is 1. The largest absolute Gasteiger partial charge is 0.361 e. The van der Waals surface area contributed by atoms with E-state index in [0.29, 0.717) is 4.58 Å². The third-order valence-corrected chi connectivity index (χ3v) is 5.97. The molecule has 0 radical (unpaired) electrons. The third-order valence-electron chi connectivity index (χ3n) is 2.76. The predicted molar refractivity (Wildman–Crippen MR) is 75.6 cm³/mol. The van der Waals surface area contributed by atoms with Crippen LogP contribution in [0.5, 0.6) is 0 Å². The minimum atomic E-state index is 0.570. The van der Waals surface area contributed by atoms with Gasteiger partial charge in [0.05, 0.1) is 4.58 Å². The molecular formula is C12H12ClNS2. The molecule has 1 saturated heterocycles. The maximum absolute atomic E-state index is 6.06. The second-order valence-electron chi connectivity index (χ2n) is 3.86. The molecule has 0 aliphatic carbocycles. The van der Waals surface area contributed by atoms with E-state index in [2.05, 4.69) is 23.3 Å². The fourth-order valence-corrected chi connectivity index (χ4v) is 5.09. The second-order valence-corrected chi connectivity index (χ2v) is 7.02. The molecular weight excluding hydrogens is 258 g/mol. The molecule has 2 heterocycles. The van der Waals surface area contributed by atoms with E-state index in [1.807, 2.05) is 29.6 Å². The summed E-state index contributed by atoms with van der Waals surface area (Å²) in [5.74, 6) is 2.54. The van der Waals surface area contributed by atoms with Crippen molar-refractivity contribution in [1.29, 1.82) is 0 Å². The number of H-pyrrole nitrogens is 1. The lowest BCUT2D eigenvalue weighted by Crippen LogP contribution is -1.99. The summed E-state index contributed by atoms with van der Waals surface area (Å²) >= 11 is 10.1. The first-order valence-corrected chi connectivity index (χ1v) is 7.82. The van der Waals surface area contributed by atoms with Gasteiger partial charge in [-0.3, -0.25) is 0 Å². The van der Waals surface area contributed by atoms with Crippen molar-refractivity contribution in [2.24, 2.45) is 0 Å². The maximum atomic E-state index is 6.06. The maximum Gasteiger partial charge on any atom is 0.0771 e. The van der Waals surface area contributed by atoms with E-state index in [9.17, 15) is 0 Å². The Labute approximate surface area is 108 Å². The molecule has 0 amide bonds. The van der Waals surface area contributed by atoms with Crippen LogP contribution in [0, 0.1) is 0 Å². The Hall–Kier alpha value is -0.250. The van der Waals surface area contributed by atoms with Crippen LogP contribution in [0.3, 0.4) is 0 Å². The molecule has 84 valence electrons. The molecule has 0 saturated carbocycles. The lowest BCUT2D eigenvalue weighted by Gasteiger charge is -2.20. The highest BCUT2D eigenvalue weighted by Gasteiger charge is 2.19. The minimum Gasteiger partial charge on any atom is -0.361 e. The van der Waals surface area contributed by atoms with Crippen molar-refractivity contribution in [1.82, 2.24) is 4.98 Å². The van der Waals surface area contributed by atoms with Crippen molar-refractivity contribution in [2.75, 3.05) is 11.5 Å². The second kappa shape index (κ2) is 4.55. The van der Waals surface area contributed by atoms with Crippen molar-refractivity contribution >= 4 is 46.0 Å². The summed E-state index contributed by atoms with van der Waals surface area (Å²) in [6.45, 7) is 0. The van der Waals surface area contributed by atoms with Gasteiger partial charge in [-0.15, -0.1) is 23.5 Å². The van der Waals surface area contributed by atoms with E-state index >= 15 is 0 Å². The van der Waals surface area contributed by atoms with Crippen LogP contribution in [0.15, 0.2) is 24.4 Å². The van der Waals surface area contributed by atoms with Gasteiger partial charge in [0.15, 0.2) is 0 Å². The quantitative estimate of drug-likeness (QED) is 0.808. The zero-order valence-corrected chi connectivity index (χ0v) is 11.1. The standard InChI is InChI=1S/C12H12ClNS2/c13-8-2-3-11-9(6-8)10(7-14-11)12-15-4-1-5-16-12/h2-3,6-7,12,14H,1,4-5H2. The van der Waals surface area contributed by atoms with Crippen LogP contribution in [-0.2, 0) is 0 Å². The van der Waals surface area contributed by atoms with Gasteiger partial charge in [0.25, 0.3) is 0 Å². The molecule has 0 atom stereocenters. The highest BCUT2D eigenvalue weighted by Crippen LogP contribution is 2.46. The van der Waals surface area contributed by atoms with Crippen LogP contribution in [0.25, 0.3) is 10.9 Å². The van der Waals surface area contributed by atoms with Crippen LogP contribution in [-0.4, -0.2) is 16.5 Å². The number of hydrogen-bond donors (Lipinski definition) is 1. The van der Waals surface area contributed by atoms with Gasteiger partial charge < -0.3 is 4.98 Å². The summed E-state index contributed by atoms with van der Waals surface area (Å²) in [6.07, 6.45) is 3.46. The summed E-state index contributed by atoms with van der Waals surface area (Å²) in [5, 5.41) is 2.10. The van der Waals surface area contributed by atoms with E-state index in [1.165, 1.54) is 34.4 Å². The first kappa shape index (κ1) is 10.9.